The number of carboxylic acids is 1. The van der Waals surface area contributed by atoms with E-state index in [2.05, 4.69) is 16.0 Å². The van der Waals surface area contributed by atoms with Crippen molar-refractivity contribution in [2.45, 2.75) is 45.2 Å². The van der Waals surface area contributed by atoms with E-state index in [1.807, 2.05) is 0 Å². The first-order valence-corrected chi connectivity index (χ1v) is 6.46. The quantitative estimate of drug-likeness (QED) is 0.525. The van der Waals surface area contributed by atoms with Crippen molar-refractivity contribution in [2.24, 2.45) is 5.92 Å². The third-order valence-corrected chi connectivity index (χ3v) is 3.08. The summed E-state index contributed by atoms with van der Waals surface area (Å²) in [6.45, 7) is 3.38. The van der Waals surface area contributed by atoms with Gasteiger partial charge in [0, 0.05) is 25.0 Å². The highest BCUT2D eigenvalue weighted by Crippen LogP contribution is 2.18. The molecule has 7 nitrogen and oxygen atoms in total. The number of hydrogen-bond donors (Lipinski definition) is 4. The predicted octanol–water partition coefficient (Wildman–Crippen LogP) is 0.0635. The average molecular weight is 271 g/mol. The van der Waals surface area contributed by atoms with Gasteiger partial charge in [0.25, 0.3) is 0 Å². The van der Waals surface area contributed by atoms with Crippen molar-refractivity contribution in [3.63, 3.8) is 0 Å². The summed E-state index contributed by atoms with van der Waals surface area (Å²) in [5.74, 6) is -1.70. The fraction of sp³-hybridized carbons (Fsp3) is 0.750. The molecule has 1 aliphatic rings. The van der Waals surface area contributed by atoms with Crippen LogP contribution in [0, 0.1) is 5.92 Å². The van der Waals surface area contributed by atoms with Crippen LogP contribution in [0.15, 0.2) is 0 Å². The fourth-order valence-electron chi connectivity index (χ4n) is 1.41. The van der Waals surface area contributed by atoms with Crippen LogP contribution >= 0.6 is 0 Å². The zero-order valence-electron chi connectivity index (χ0n) is 11.2. The molecule has 0 spiro atoms. The molecule has 19 heavy (non-hydrogen) atoms. The van der Waals surface area contributed by atoms with Crippen LogP contribution in [0.5, 0.6) is 0 Å². The second-order valence-corrected chi connectivity index (χ2v) is 4.91. The van der Waals surface area contributed by atoms with Crippen LogP contribution in [0.1, 0.15) is 33.1 Å². The molecule has 0 radical (unpaired) electrons. The monoisotopic (exact) mass is 271 g/mol. The lowest BCUT2D eigenvalue weighted by atomic mass is 10.0. The molecule has 1 rings (SSSR count). The molecule has 2 unspecified atom stereocenters. The summed E-state index contributed by atoms with van der Waals surface area (Å²) in [6.07, 6.45) is 2.29. The van der Waals surface area contributed by atoms with Crippen molar-refractivity contribution in [3.05, 3.63) is 0 Å². The van der Waals surface area contributed by atoms with Gasteiger partial charge in [-0.2, -0.15) is 0 Å². The van der Waals surface area contributed by atoms with E-state index in [1.165, 1.54) is 6.92 Å². The van der Waals surface area contributed by atoms with E-state index in [-0.39, 0.29) is 18.9 Å². The SMILES string of the molecule is CC(NC(=O)NCCC(=O)NC1CC1)C(C)C(=O)O. The van der Waals surface area contributed by atoms with Gasteiger partial charge in [0.1, 0.15) is 0 Å². The number of aliphatic carboxylic acids is 1. The second kappa shape index (κ2) is 6.96. The molecule has 0 saturated heterocycles. The van der Waals surface area contributed by atoms with Gasteiger partial charge in [-0.15, -0.1) is 0 Å². The summed E-state index contributed by atoms with van der Waals surface area (Å²) in [5, 5.41) is 16.6. The topological polar surface area (TPSA) is 108 Å². The van der Waals surface area contributed by atoms with Gasteiger partial charge in [-0.25, -0.2) is 4.79 Å². The lowest BCUT2D eigenvalue weighted by Gasteiger charge is -2.18. The lowest BCUT2D eigenvalue weighted by Crippen LogP contribution is -2.46. The highest BCUT2D eigenvalue weighted by Gasteiger charge is 2.23. The Hall–Kier alpha value is -1.79. The first kappa shape index (κ1) is 15.3. The first-order chi connectivity index (χ1) is 8.90. The maximum atomic E-state index is 11.4. The normalized spacial score (nSPS) is 17.2. The van der Waals surface area contributed by atoms with E-state index in [0.717, 1.165) is 12.8 Å². The Balaban J connectivity index is 2.12. The van der Waals surface area contributed by atoms with Crippen LogP contribution < -0.4 is 16.0 Å². The average Bonchev–Trinajstić information content (AvgIpc) is 3.11. The summed E-state index contributed by atoms with van der Waals surface area (Å²) >= 11 is 0. The molecule has 1 aliphatic carbocycles. The van der Waals surface area contributed by atoms with Crippen LogP contribution in [-0.2, 0) is 9.59 Å². The smallest absolute Gasteiger partial charge is 0.315 e. The Bertz CT molecular complexity index is 355. The van der Waals surface area contributed by atoms with E-state index in [9.17, 15) is 14.4 Å². The largest absolute Gasteiger partial charge is 0.481 e. The number of carboxylic acid groups (broad SMARTS) is 1. The standard InChI is InChI=1S/C12H21N3O4/c1-7(11(17)18)8(2)14-12(19)13-6-5-10(16)15-9-3-4-9/h7-9H,3-6H2,1-2H3,(H,15,16)(H,17,18)(H2,13,14,19). The number of carbonyl (C=O) groups is 3. The number of amides is 3. The second-order valence-electron chi connectivity index (χ2n) is 4.91. The number of urea groups is 1. The number of hydrogen-bond acceptors (Lipinski definition) is 3. The minimum absolute atomic E-state index is 0.0743. The predicted molar refractivity (Wildman–Crippen MR) is 68.6 cm³/mol. The van der Waals surface area contributed by atoms with Crippen molar-refractivity contribution in [1.29, 1.82) is 0 Å². The van der Waals surface area contributed by atoms with Gasteiger partial charge >= 0.3 is 12.0 Å². The highest BCUT2D eigenvalue weighted by molar-refractivity contribution is 5.79. The van der Waals surface area contributed by atoms with Crippen LogP contribution in [0.2, 0.25) is 0 Å². The molecule has 0 aromatic heterocycles. The van der Waals surface area contributed by atoms with Gasteiger partial charge in [0.2, 0.25) is 5.91 Å². The van der Waals surface area contributed by atoms with Crippen LogP contribution in [0.4, 0.5) is 4.79 Å². The Morgan fingerprint density at radius 3 is 2.42 bits per heavy atom. The maximum absolute atomic E-state index is 11.4. The molecule has 108 valence electrons. The van der Waals surface area contributed by atoms with Crippen LogP contribution in [0.25, 0.3) is 0 Å². The molecule has 0 aliphatic heterocycles. The molecule has 7 heteroatoms. The van der Waals surface area contributed by atoms with Gasteiger partial charge < -0.3 is 21.1 Å². The van der Waals surface area contributed by atoms with Gasteiger partial charge in [0.15, 0.2) is 0 Å². The van der Waals surface area contributed by atoms with E-state index >= 15 is 0 Å². The summed E-state index contributed by atoms with van der Waals surface area (Å²) in [7, 11) is 0. The van der Waals surface area contributed by atoms with Gasteiger partial charge in [0.05, 0.1) is 5.92 Å². The number of carbonyl (C=O) groups excluding carboxylic acids is 2. The van der Waals surface area contributed by atoms with Crippen molar-refractivity contribution >= 4 is 17.9 Å². The van der Waals surface area contributed by atoms with E-state index in [1.54, 1.807) is 6.92 Å². The molecule has 0 heterocycles. The molecular formula is C12H21N3O4. The van der Waals surface area contributed by atoms with Crippen molar-refractivity contribution in [2.75, 3.05) is 6.54 Å². The number of nitrogens with one attached hydrogen (secondary N) is 3. The highest BCUT2D eigenvalue weighted by atomic mass is 16.4. The molecule has 0 aromatic rings. The molecule has 2 atom stereocenters. The summed E-state index contributed by atoms with van der Waals surface area (Å²) in [6, 6.07) is -0.615. The third-order valence-electron chi connectivity index (χ3n) is 3.08. The van der Waals surface area contributed by atoms with E-state index < -0.39 is 24.0 Å². The molecule has 1 saturated carbocycles. The fourth-order valence-corrected chi connectivity index (χ4v) is 1.41. The molecule has 3 amide bonds. The third kappa shape index (κ3) is 6.08. The van der Waals surface area contributed by atoms with Gasteiger partial charge in [-0.05, 0) is 26.7 Å². The molecule has 0 aromatic carbocycles. The maximum Gasteiger partial charge on any atom is 0.315 e. The Morgan fingerprint density at radius 2 is 1.89 bits per heavy atom. The minimum atomic E-state index is -0.961. The lowest BCUT2D eigenvalue weighted by molar-refractivity contribution is -0.141. The molecule has 1 fully saturated rings. The van der Waals surface area contributed by atoms with Crippen molar-refractivity contribution in [1.82, 2.24) is 16.0 Å². The minimum Gasteiger partial charge on any atom is -0.481 e. The summed E-state index contributed by atoms with van der Waals surface area (Å²) < 4.78 is 0. The van der Waals surface area contributed by atoms with E-state index in [0.29, 0.717) is 6.04 Å². The zero-order chi connectivity index (χ0) is 14.4. The first-order valence-electron chi connectivity index (χ1n) is 6.46. The van der Waals surface area contributed by atoms with E-state index in [4.69, 9.17) is 5.11 Å². The van der Waals surface area contributed by atoms with Crippen molar-refractivity contribution in [3.8, 4) is 0 Å². The molecule has 4 N–H and O–H groups in total. The zero-order valence-corrected chi connectivity index (χ0v) is 11.2. The molecule has 0 bridgehead atoms. The van der Waals surface area contributed by atoms with Crippen LogP contribution in [0.3, 0.4) is 0 Å². The summed E-state index contributed by atoms with van der Waals surface area (Å²) in [5.41, 5.74) is 0. The van der Waals surface area contributed by atoms with Crippen LogP contribution in [-0.4, -0.2) is 41.6 Å². The Morgan fingerprint density at radius 1 is 1.26 bits per heavy atom. The number of rotatable bonds is 7. The van der Waals surface area contributed by atoms with Gasteiger partial charge in [-0.1, -0.05) is 0 Å². The summed E-state index contributed by atoms with van der Waals surface area (Å²) in [4.78, 5) is 33.5. The molecular weight excluding hydrogens is 250 g/mol. The van der Waals surface area contributed by atoms with Gasteiger partial charge in [-0.3, -0.25) is 9.59 Å². The van der Waals surface area contributed by atoms with Crippen molar-refractivity contribution < 1.29 is 19.5 Å². The Labute approximate surface area is 112 Å². The Kier molecular flexibility index (Phi) is 5.59.